The van der Waals surface area contributed by atoms with Crippen LogP contribution in [0, 0.1) is 0 Å². The fourth-order valence-electron chi connectivity index (χ4n) is 3.19. The molecule has 0 spiro atoms. The van der Waals surface area contributed by atoms with Crippen molar-refractivity contribution in [3.05, 3.63) is 68.8 Å². The summed E-state index contributed by atoms with van der Waals surface area (Å²) in [6.07, 6.45) is 3.43. The monoisotopic (exact) mass is 340 g/mol. The molecule has 0 unspecified atom stereocenters. The first-order chi connectivity index (χ1) is 11.7. The third kappa shape index (κ3) is 2.59. The molecule has 1 aliphatic rings. The fraction of sp³-hybridized carbons (Fsp3) is 0.222. The second-order valence-corrected chi connectivity index (χ2v) is 6.59. The Kier molecular flexibility index (Phi) is 3.82. The van der Waals surface area contributed by atoms with E-state index in [1.165, 1.54) is 0 Å². The van der Waals surface area contributed by atoms with Gasteiger partial charge in [-0.25, -0.2) is 0 Å². The number of nitrogens with zero attached hydrogens (tertiary/aromatic N) is 1. The Bertz CT molecular complexity index is 897. The van der Waals surface area contributed by atoms with Gasteiger partial charge in [0.15, 0.2) is 0 Å². The largest absolute Gasteiger partial charge is 0.463 e. The van der Waals surface area contributed by atoms with Crippen LogP contribution in [-0.2, 0) is 0 Å². The molecule has 1 N–H and O–H groups in total. The van der Waals surface area contributed by atoms with Crippen LogP contribution in [0.2, 0.25) is 0 Å². The molecule has 1 aliphatic heterocycles. The fourth-order valence-corrected chi connectivity index (χ4v) is 3.90. The second kappa shape index (κ2) is 6.13. The summed E-state index contributed by atoms with van der Waals surface area (Å²) in [5.41, 5.74) is 1.50. The molecular formula is C18H16N2O3S. The van der Waals surface area contributed by atoms with Crippen LogP contribution in [0.3, 0.4) is 0 Å². The molecule has 4 rings (SSSR count). The average molecular weight is 340 g/mol. The molecule has 5 nitrogen and oxygen atoms in total. The van der Waals surface area contributed by atoms with Gasteiger partial charge in [-0.15, -0.1) is 0 Å². The number of carbonyl (C=O) groups excluding carboxylic acids is 1. The van der Waals surface area contributed by atoms with Crippen LogP contribution in [0.5, 0.6) is 0 Å². The molecule has 24 heavy (non-hydrogen) atoms. The van der Waals surface area contributed by atoms with Gasteiger partial charge in [-0.2, -0.15) is 11.3 Å². The number of aromatic amines is 1. The molecule has 6 heteroatoms. The number of likely N-dealkylation sites (tertiary alicyclic amines) is 1. The SMILES string of the molecule is O=C(c1ccc(-c2ccco2)[nH]c1=O)N1CCC[C@@H]1c1ccsc1. The first-order valence-corrected chi connectivity index (χ1v) is 8.78. The number of furan rings is 1. The zero-order valence-corrected chi connectivity index (χ0v) is 13.7. The van der Waals surface area contributed by atoms with Crippen molar-refractivity contribution in [2.75, 3.05) is 6.54 Å². The van der Waals surface area contributed by atoms with Gasteiger partial charge >= 0.3 is 0 Å². The number of pyridine rings is 1. The highest BCUT2D eigenvalue weighted by Gasteiger charge is 2.31. The number of aromatic nitrogens is 1. The van der Waals surface area contributed by atoms with Gasteiger partial charge in [0.1, 0.15) is 11.3 Å². The van der Waals surface area contributed by atoms with Gasteiger partial charge in [-0.1, -0.05) is 0 Å². The maximum Gasteiger partial charge on any atom is 0.261 e. The van der Waals surface area contributed by atoms with Gasteiger partial charge in [0.05, 0.1) is 18.0 Å². The van der Waals surface area contributed by atoms with Crippen molar-refractivity contribution in [3.63, 3.8) is 0 Å². The van der Waals surface area contributed by atoms with E-state index in [-0.39, 0.29) is 23.1 Å². The van der Waals surface area contributed by atoms with Crippen molar-refractivity contribution in [2.45, 2.75) is 18.9 Å². The van der Waals surface area contributed by atoms with Crippen molar-refractivity contribution < 1.29 is 9.21 Å². The summed E-state index contributed by atoms with van der Waals surface area (Å²) in [5, 5.41) is 4.09. The molecule has 0 radical (unpaired) electrons. The minimum absolute atomic E-state index is 0.0629. The number of rotatable bonds is 3. The van der Waals surface area contributed by atoms with Crippen LogP contribution in [0.15, 0.2) is 56.6 Å². The Morgan fingerprint density at radius 1 is 1.29 bits per heavy atom. The summed E-state index contributed by atoms with van der Waals surface area (Å²) in [5.74, 6) is 0.361. The normalized spacial score (nSPS) is 17.3. The second-order valence-electron chi connectivity index (χ2n) is 5.81. The van der Waals surface area contributed by atoms with E-state index in [2.05, 4.69) is 10.4 Å². The van der Waals surface area contributed by atoms with Crippen molar-refractivity contribution >= 4 is 17.2 Å². The van der Waals surface area contributed by atoms with Gasteiger partial charge in [-0.3, -0.25) is 9.59 Å². The highest BCUT2D eigenvalue weighted by Crippen LogP contribution is 2.33. The number of H-pyrrole nitrogens is 1. The third-order valence-corrected chi connectivity index (χ3v) is 5.07. The summed E-state index contributed by atoms with van der Waals surface area (Å²) in [6.45, 7) is 0.679. The summed E-state index contributed by atoms with van der Waals surface area (Å²) < 4.78 is 5.28. The number of amides is 1. The van der Waals surface area contributed by atoms with E-state index in [1.807, 2.05) is 11.4 Å². The molecule has 122 valence electrons. The number of thiophene rings is 1. The molecule has 0 aliphatic carbocycles. The molecule has 3 aromatic heterocycles. The van der Waals surface area contributed by atoms with Crippen LogP contribution in [-0.4, -0.2) is 22.3 Å². The number of hydrogen-bond acceptors (Lipinski definition) is 4. The average Bonchev–Trinajstić information content (AvgIpc) is 3.35. The molecule has 1 atom stereocenters. The molecule has 3 aromatic rings. The van der Waals surface area contributed by atoms with E-state index in [1.54, 1.807) is 46.8 Å². The van der Waals surface area contributed by atoms with E-state index in [9.17, 15) is 9.59 Å². The van der Waals surface area contributed by atoms with Gasteiger partial charge in [0.2, 0.25) is 0 Å². The van der Waals surface area contributed by atoms with Crippen molar-refractivity contribution in [3.8, 4) is 11.5 Å². The summed E-state index contributed by atoms with van der Waals surface area (Å²) >= 11 is 1.62. The Balaban J connectivity index is 1.64. The minimum atomic E-state index is -0.384. The predicted molar refractivity (Wildman–Crippen MR) is 92.1 cm³/mol. The Morgan fingerprint density at radius 2 is 2.21 bits per heavy atom. The highest BCUT2D eigenvalue weighted by atomic mass is 32.1. The van der Waals surface area contributed by atoms with E-state index in [0.717, 1.165) is 18.4 Å². The first-order valence-electron chi connectivity index (χ1n) is 7.84. The van der Waals surface area contributed by atoms with Gasteiger partial charge < -0.3 is 14.3 Å². The maximum atomic E-state index is 12.9. The molecule has 1 saturated heterocycles. The summed E-state index contributed by atoms with van der Waals surface area (Å²) in [7, 11) is 0. The molecule has 0 bridgehead atoms. The molecule has 1 amide bonds. The van der Waals surface area contributed by atoms with Crippen molar-refractivity contribution in [1.82, 2.24) is 9.88 Å². The quantitative estimate of drug-likeness (QED) is 0.791. The van der Waals surface area contributed by atoms with E-state index < -0.39 is 0 Å². The first kappa shape index (κ1) is 15.0. The van der Waals surface area contributed by atoms with Gasteiger partial charge in [-0.05, 0) is 59.5 Å². The third-order valence-electron chi connectivity index (χ3n) is 4.37. The zero-order chi connectivity index (χ0) is 16.5. The van der Waals surface area contributed by atoms with Crippen molar-refractivity contribution in [2.24, 2.45) is 0 Å². The Hall–Kier alpha value is -2.60. The van der Waals surface area contributed by atoms with Crippen LogP contribution in [0.4, 0.5) is 0 Å². The maximum absolute atomic E-state index is 12.9. The lowest BCUT2D eigenvalue weighted by molar-refractivity contribution is 0.0734. The molecule has 1 fully saturated rings. The Labute approximate surface area is 142 Å². The highest BCUT2D eigenvalue weighted by molar-refractivity contribution is 7.08. The Morgan fingerprint density at radius 3 is 2.92 bits per heavy atom. The molecule has 0 saturated carbocycles. The zero-order valence-electron chi connectivity index (χ0n) is 12.9. The van der Waals surface area contributed by atoms with Gasteiger partial charge in [0, 0.05) is 6.54 Å². The molecule has 4 heterocycles. The number of nitrogens with one attached hydrogen (secondary N) is 1. The van der Waals surface area contributed by atoms with Crippen LogP contribution >= 0.6 is 11.3 Å². The molecule has 0 aromatic carbocycles. The van der Waals surface area contributed by atoms with Crippen molar-refractivity contribution in [1.29, 1.82) is 0 Å². The minimum Gasteiger partial charge on any atom is -0.463 e. The summed E-state index contributed by atoms with van der Waals surface area (Å²) in [4.78, 5) is 29.8. The number of carbonyl (C=O) groups is 1. The van der Waals surface area contributed by atoms with E-state index in [0.29, 0.717) is 18.0 Å². The topological polar surface area (TPSA) is 66.3 Å². The van der Waals surface area contributed by atoms with E-state index >= 15 is 0 Å². The van der Waals surface area contributed by atoms with Crippen LogP contribution < -0.4 is 5.56 Å². The predicted octanol–water partition coefficient (Wildman–Crippen LogP) is 3.67. The standard InChI is InChI=1S/C18H16N2O3S/c21-17-13(5-6-14(19-17)16-4-2-9-23-16)18(22)20-8-1-3-15(20)12-7-10-24-11-12/h2,4-7,9-11,15H,1,3,8H2,(H,19,21)/t15-/m1/s1. The summed E-state index contributed by atoms with van der Waals surface area (Å²) in [6, 6.07) is 8.92. The number of hydrogen-bond donors (Lipinski definition) is 1. The van der Waals surface area contributed by atoms with E-state index in [4.69, 9.17) is 4.42 Å². The van der Waals surface area contributed by atoms with Crippen LogP contribution in [0.25, 0.3) is 11.5 Å². The smallest absolute Gasteiger partial charge is 0.261 e. The molecular weight excluding hydrogens is 324 g/mol. The lowest BCUT2D eigenvalue weighted by atomic mass is 10.1. The van der Waals surface area contributed by atoms with Gasteiger partial charge in [0.25, 0.3) is 11.5 Å². The van der Waals surface area contributed by atoms with Crippen LogP contribution in [0.1, 0.15) is 34.8 Å². The lowest BCUT2D eigenvalue weighted by Gasteiger charge is -2.24. The lowest BCUT2D eigenvalue weighted by Crippen LogP contribution is -2.34.